The van der Waals surface area contributed by atoms with Gasteiger partial charge >= 0.3 is 0 Å². The molecule has 0 bridgehead atoms. The lowest BCUT2D eigenvalue weighted by Gasteiger charge is -2.38. The molecule has 1 fully saturated rings. The maximum atomic E-state index is 13.6. The van der Waals surface area contributed by atoms with Gasteiger partial charge in [-0.05, 0) is 37.2 Å². The summed E-state index contributed by atoms with van der Waals surface area (Å²) in [5, 5.41) is 4.63. The Hall–Kier alpha value is -0.740. The first-order valence-corrected chi connectivity index (χ1v) is 8.38. The van der Waals surface area contributed by atoms with Crippen LogP contribution in [0.25, 0.3) is 0 Å². The topological polar surface area (TPSA) is 15.3 Å². The summed E-state index contributed by atoms with van der Waals surface area (Å²) >= 11 is 2.04. The second-order valence-corrected chi connectivity index (χ2v) is 7.53. The van der Waals surface area contributed by atoms with Gasteiger partial charge in [-0.2, -0.15) is 11.8 Å². The molecule has 3 unspecified atom stereocenters. The Bertz CT molecular complexity index is 442. The first kappa shape index (κ1) is 15.6. The number of halogens is 1. The lowest BCUT2D eigenvalue weighted by atomic mass is 10.0. The zero-order chi connectivity index (χ0) is 14.7. The molecule has 1 N–H and O–H groups in total. The highest BCUT2D eigenvalue weighted by atomic mass is 32.2. The number of hydrogen-bond acceptors (Lipinski definition) is 3. The highest BCUT2D eigenvalue weighted by Crippen LogP contribution is 2.33. The molecule has 1 aromatic rings. The van der Waals surface area contributed by atoms with Gasteiger partial charge in [-0.1, -0.05) is 20.8 Å². The monoisotopic (exact) mass is 296 g/mol. The largest absolute Gasteiger partial charge is 0.369 e. The lowest BCUT2D eigenvalue weighted by Crippen LogP contribution is -2.41. The summed E-state index contributed by atoms with van der Waals surface area (Å²) in [7, 11) is 0. The molecule has 3 atom stereocenters. The van der Waals surface area contributed by atoms with Gasteiger partial charge in [-0.15, -0.1) is 0 Å². The van der Waals surface area contributed by atoms with Crippen LogP contribution >= 0.6 is 11.8 Å². The number of nitrogens with zero attached hydrogens (tertiary/aromatic N) is 1. The van der Waals surface area contributed by atoms with Gasteiger partial charge in [0.05, 0.1) is 0 Å². The summed E-state index contributed by atoms with van der Waals surface area (Å²) in [4.78, 5) is 2.41. The van der Waals surface area contributed by atoms with Gasteiger partial charge in [-0.25, -0.2) is 4.39 Å². The number of hydrogen-bond donors (Lipinski definition) is 1. The smallest absolute Gasteiger partial charge is 0.123 e. The van der Waals surface area contributed by atoms with E-state index < -0.39 is 0 Å². The molecule has 2 nitrogen and oxygen atoms in total. The summed E-state index contributed by atoms with van der Waals surface area (Å²) < 4.78 is 13.6. The molecule has 0 aliphatic carbocycles. The van der Waals surface area contributed by atoms with E-state index in [-0.39, 0.29) is 11.9 Å². The van der Waals surface area contributed by atoms with E-state index in [0.29, 0.717) is 10.5 Å². The first-order valence-electron chi connectivity index (χ1n) is 7.44. The van der Waals surface area contributed by atoms with Crippen LogP contribution in [0.15, 0.2) is 18.2 Å². The molecule has 0 saturated carbocycles. The zero-order valence-corrected chi connectivity index (χ0v) is 13.6. The molecule has 0 amide bonds. The molecule has 1 aromatic carbocycles. The minimum absolute atomic E-state index is 0.152. The van der Waals surface area contributed by atoms with E-state index in [2.05, 4.69) is 37.9 Å². The zero-order valence-electron chi connectivity index (χ0n) is 12.8. The Morgan fingerprint density at radius 2 is 2.00 bits per heavy atom. The summed E-state index contributed by atoms with van der Waals surface area (Å²) in [5.74, 6) is -0.152. The highest BCUT2D eigenvalue weighted by Gasteiger charge is 2.25. The minimum atomic E-state index is -0.152. The predicted octanol–water partition coefficient (Wildman–Crippen LogP) is 3.83. The fourth-order valence-corrected chi connectivity index (χ4v) is 4.28. The molecule has 1 saturated heterocycles. The first-order chi connectivity index (χ1) is 9.51. The van der Waals surface area contributed by atoms with E-state index in [1.165, 1.54) is 5.69 Å². The number of rotatable bonds is 4. The second-order valence-electron chi connectivity index (χ2n) is 5.64. The quantitative estimate of drug-likeness (QED) is 0.909. The van der Waals surface area contributed by atoms with E-state index in [9.17, 15) is 4.39 Å². The van der Waals surface area contributed by atoms with Gasteiger partial charge in [0.2, 0.25) is 0 Å². The average Bonchev–Trinajstić information content (AvgIpc) is 2.37. The van der Waals surface area contributed by atoms with E-state index in [1.807, 2.05) is 17.8 Å². The molecule has 20 heavy (non-hydrogen) atoms. The third-order valence-corrected chi connectivity index (χ3v) is 4.95. The summed E-state index contributed by atoms with van der Waals surface area (Å²) in [6.45, 7) is 11.7. The molecule has 0 aromatic heterocycles. The number of nitrogens with one attached hydrogen (secondary N) is 1. The molecule has 112 valence electrons. The van der Waals surface area contributed by atoms with Gasteiger partial charge in [0.1, 0.15) is 5.82 Å². The van der Waals surface area contributed by atoms with Crippen LogP contribution in [0.1, 0.15) is 39.3 Å². The molecule has 1 aliphatic rings. The van der Waals surface area contributed by atoms with E-state index in [0.717, 1.165) is 25.2 Å². The van der Waals surface area contributed by atoms with E-state index in [1.54, 1.807) is 12.1 Å². The van der Waals surface area contributed by atoms with Crippen molar-refractivity contribution in [1.29, 1.82) is 0 Å². The normalized spacial score (nSPS) is 24.8. The molecular formula is C16H25FN2S. The van der Waals surface area contributed by atoms with Crippen molar-refractivity contribution in [3.8, 4) is 0 Å². The van der Waals surface area contributed by atoms with Crippen molar-refractivity contribution in [3.63, 3.8) is 0 Å². The number of benzene rings is 1. The van der Waals surface area contributed by atoms with Crippen LogP contribution in [-0.2, 0) is 0 Å². The molecule has 4 heteroatoms. The summed E-state index contributed by atoms with van der Waals surface area (Å²) in [6.07, 6.45) is 0. The van der Waals surface area contributed by atoms with Gasteiger partial charge in [0.15, 0.2) is 0 Å². The van der Waals surface area contributed by atoms with Crippen LogP contribution in [0.3, 0.4) is 0 Å². The number of thioether (sulfide) groups is 1. The molecule has 1 aliphatic heterocycles. The van der Waals surface area contributed by atoms with Crippen LogP contribution in [0.2, 0.25) is 0 Å². The Morgan fingerprint density at radius 3 is 2.60 bits per heavy atom. The number of anilines is 1. The Labute approximate surface area is 126 Å². The fourth-order valence-electron chi connectivity index (χ4n) is 2.95. The fraction of sp³-hybridized carbons (Fsp3) is 0.625. The van der Waals surface area contributed by atoms with Crippen LogP contribution < -0.4 is 10.2 Å². The van der Waals surface area contributed by atoms with Crippen LogP contribution in [0, 0.1) is 5.82 Å². The van der Waals surface area contributed by atoms with Crippen molar-refractivity contribution in [2.24, 2.45) is 0 Å². The van der Waals surface area contributed by atoms with Crippen molar-refractivity contribution >= 4 is 17.4 Å². The maximum absolute atomic E-state index is 13.6. The van der Waals surface area contributed by atoms with Gasteiger partial charge < -0.3 is 10.2 Å². The van der Waals surface area contributed by atoms with E-state index >= 15 is 0 Å². The Morgan fingerprint density at radius 1 is 1.35 bits per heavy atom. The van der Waals surface area contributed by atoms with Crippen LogP contribution in [0.5, 0.6) is 0 Å². The van der Waals surface area contributed by atoms with Gasteiger partial charge in [0.25, 0.3) is 0 Å². The van der Waals surface area contributed by atoms with Crippen LogP contribution in [-0.4, -0.2) is 30.1 Å². The predicted molar refractivity (Wildman–Crippen MR) is 87.2 cm³/mol. The average molecular weight is 296 g/mol. The summed E-state index contributed by atoms with van der Waals surface area (Å²) in [6, 6.07) is 5.37. The molecule has 0 radical (unpaired) electrons. The Balaban J connectivity index is 2.30. The van der Waals surface area contributed by atoms with Crippen LogP contribution in [0.4, 0.5) is 10.1 Å². The van der Waals surface area contributed by atoms with Crippen molar-refractivity contribution in [2.75, 3.05) is 24.5 Å². The molecule has 0 spiro atoms. The van der Waals surface area contributed by atoms with Gasteiger partial charge in [-0.3, -0.25) is 0 Å². The molecular weight excluding hydrogens is 271 g/mol. The third-order valence-electron chi connectivity index (χ3n) is 3.73. The van der Waals surface area contributed by atoms with E-state index in [4.69, 9.17) is 0 Å². The van der Waals surface area contributed by atoms with Crippen molar-refractivity contribution in [3.05, 3.63) is 29.6 Å². The van der Waals surface area contributed by atoms with Gasteiger partial charge in [0, 0.05) is 35.3 Å². The van der Waals surface area contributed by atoms with Crippen molar-refractivity contribution in [1.82, 2.24) is 5.32 Å². The molecule has 2 rings (SSSR count). The van der Waals surface area contributed by atoms with Crippen molar-refractivity contribution < 1.29 is 4.39 Å². The van der Waals surface area contributed by atoms with Crippen molar-refractivity contribution in [2.45, 2.75) is 44.2 Å². The lowest BCUT2D eigenvalue weighted by molar-refractivity contribution is 0.579. The standard InChI is InChI=1S/C16H25FN2S/c1-5-18-13(4)15-8-14(17)6-7-16(15)19-9-11(2)20-12(3)10-19/h6-8,11-13,18H,5,9-10H2,1-4H3. The minimum Gasteiger partial charge on any atom is -0.369 e. The maximum Gasteiger partial charge on any atom is 0.123 e. The molecule has 1 heterocycles. The SMILES string of the molecule is CCNC(C)c1cc(F)ccc1N1CC(C)SC(C)C1. The Kier molecular flexibility index (Phi) is 5.33. The second kappa shape index (κ2) is 6.81. The third kappa shape index (κ3) is 3.67. The summed E-state index contributed by atoms with van der Waals surface area (Å²) in [5.41, 5.74) is 2.25. The highest BCUT2D eigenvalue weighted by molar-refractivity contribution is 8.00.